The highest BCUT2D eigenvalue weighted by atomic mass is 15.2. The molecule has 0 aromatic carbocycles. The second-order valence-electron chi connectivity index (χ2n) is 5.80. The van der Waals surface area contributed by atoms with Crippen LogP contribution in [0, 0.1) is 13.8 Å². The summed E-state index contributed by atoms with van der Waals surface area (Å²) in [6.07, 6.45) is 5.64. The van der Waals surface area contributed by atoms with E-state index in [-0.39, 0.29) is 6.04 Å². The van der Waals surface area contributed by atoms with Crippen molar-refractivity contribution in [1.82, 2.24) is 24.3 Å². The average molecular weight is 295 g/mol. The summed E-state index contributed by atoms with van der Waals surface area (Å²) in [5, 5.41) is 0. The molecule has 114 valence electrons. The Balaban J connectivity index is 1.87. The normalized spacial score (nSPS) is 13.0. The summed E-state index contributed by atoms with van der Waals surface area (Å²) >= 11 is 0. The van der Waals surface area contributed by atoms with Gasteiger partial charge in [0.15, 0.2) is 0 Å². The molecular weight excluding hydrogens is 274 g/mol. The largest absolute Gasteiger partial charge is 0.294 e. The molecule has 0 radical (unpaired) electrons. The maximum atomic E-state index is 4.49. The van der Waals surface area contributed by atoms with Crippen molar-refractivity contribution >= 4 is 5.78 Å². The van der Waals surface area contributed by atoms with Gasteiger partial charge in [-0.2, -0.15) is 0 Å². The van der Waals surface area contributed by atoms with Crippen LogP contribution in [0.25, 0.3) is 5.78 Å². The Kier molecular flexibility index (Phi) is 3.90. The Labute approximate surface area is 130 Å². The molecule has 3 aromatic rings. The van der Waals surface area contributed by atoms with Gasteiger partial charge in [0.1, 0.15) is 0 Å². The lowest BCUT2D eigenvalue weighted by Gasteiger charge is -2.24. The zero-order valence-electron chi connectivity index (χ0n) is 13.5. The van der Waals surface area contributed by atoms with E-state index in [0.29, 0.717) is 0 Å². The monoisotopic (exact) mass is 295 g/mol. The number of hydrogen-bond donors (Lipinski definition) is 0. The van der Waals surface area contributed by atoms with Gasteiger partial charge >= 0.3 is 0 Å². The summed E-state index contributed by atoms with van der Waals surface area (Å²) in [6.45, 7) is 7.09. The minimum absolute atomic E-state index is 0.290. The van der Waals surface area contributed by atoms with Crippen LogP contribution >= 0.6 is 0 Å². The molecule has 3 aromatic heterocycles. The molecule has 0 bridgehead atoms. The van der Waals surface area contributed by atoms with Crippen LogP contribution in [-0.2, 0) is 6.54 Å². The van der Waals surface area contributed by atoms with Crippen molar-refractivity contribution in [2.75, 3.05) is 7.05 Å². The molecule has 22 heavy (non-hydrogen) atoms. The van der Waals surface area contributed by atoms with Crippen molar-refractivity contribution in [2.24, 2.45) is 0 Å². The molecule has 0 amide bonds. The zero-order valence-corrected chi connectivity index (χ0v) is 13.5. The van der Waals surface area contributed by atoms with Crippen LogP contribution < -0.4 is 0 Å². The first kappa shape index (κ1) is 14.7. The molecule has 0 aliphatic rings. The van der Waals surface area contributed by atoms with Gasteiger partial charge in [0.25, 0.3) is 0 Å². The van der Waals surface area contributed by atoms with Crippen LogP contribution in [-0.4, -0.2) is 31.3 Å². The summed E-state index contributed by atoms with van der Waals surface area (Å²) in [5.74, 6) is 0.773. The molecule has 0 spiro atoms. The van der Waals surface area contributed by atoms with E-state index in [1.165, 1.54) is 5.56 Å². The maximum absolute atomic E-state index is 4.49. The Hall–Kier alpha value is -2.27. The first-order valence-corrected chi connectivity index (χ1v) is 7.47. The summed E-state index contributed by atoms with van der Waals surface area (Å²) in [5.41, 5.74) is 4.53. The van der Waals surface area contributed by atoms with E-state index in [2.05, 4.69) is 57.3 Å². The maximum Gasteiger partial charge on any atom is 0.234 e. The molecule has 1 atom stereocenters. The summed E-state index contributed by atoms with van der Waals surface area (Å²) in [6, 6.07) is 6.46. The predicted octanol–water partition coefficient (Wildman–Crippen LogP) is 2.93. The van der Waals surface area contributed by atoms with Gasteiger partial charge in [-0.25, -0.2) is 9.97 Å². The highest BCUT2D eigenvalue weighted by molar-refractivity contribution is 5.35. The average Bonchev–Trinajstić information content (AvgIpc) is 2.90. The molecule has 3 rings (SSSR count). The summed E-state index contributed by atoms with van der Waals surface area (Å²) in [4.78, 5) is 15.4. The van der Waals surface area contributed by atoms with Crippen LogP contribution in [0.5, 0.6) is 0 Å². The van der Waals surface area contributed by atoms with Crippen molar-refractivity contribution < 1.29 is 0 Å². The molecule has 0 aliphatic carbocycles. The van der Waals surface area contributed by atoms with E-state index in [9.17, 15) is 0 Å². The SMILES string of the molecule is Cc1cc(C)n2c(CN(C)C(C)c3cccnc3)cnc2n1. The minimum Gasteiger partial charge on any atom is -0.294 e. The van der Waals surface area contributed by atoms with Gasteiger partial charge in [-0.15, -0.1) is 0 Å². The van der Waals surface area contributed by atoms with E-state index in [1.54, 1.807) is 6.20 Å². The van der Waals surface area contributed by atoms with Crippen LogP contribution in [0.2, 0.25) is 0 Å². The zero-order chi connectivity index (χ0) is 15.7. The number of hydrogen-bond acceptors (Lipinski definition) is 4. The van der Waals surface area contributed by atoms with E-state index < -0.39 is 0 Å². The summed E-state index contributed by atoms with van der Waals surface area (Å²) < 4.78 is 2.12. The van der Waals surface area contributed by atoms with Crippen LogP contribution in [0.1, 0.15) is 35.6 Å². The number of nitrogens with zero attached hydrogens (tertiary/aromatic N) is 5. The number of aryl methyl sites for hydroxylation is 2. The number of pyridine rings is 1. The van der Waals surface area contributed by atoms with Crippen molar-refractivity contribution in [3.05, 3.63) is 59.4 Å². The van der Waals surface area contributed by atoms with E-state index in [0.717, 1.165) is 29.4 Å². The van der Waals surface area contributed by atoms with Crippen molar-refractivity contribution in [1.29, 1.82) is 0 Å². The molecule has 3 heterocycles. The second-order valence-corrected chi connectivity index (χ2v) is 5.80. The topological polar surface area (TPSA) is 46.3 Å². The third kappa shape index (κ3) is 2.72. The van der Waals surface area contributed by atoms with E-state index in [4.69, 9.17) is 0 Å². The van der Waals surface area contributed by atoms with Gasteiger partial charge in [-0.1, -0.05) is 6.07 Å². The number of rotatable bonds is 4. The molecule has 1 unspecified atom stereocenters. The van der Waals surface area contributed by atoms with E-state index in [1.807, 2.05) is 25.4 Å². The quantitative estimate of drug-likeness (QED) is 0.742. The highest BCUT2D eigenvalue weighted by Crippen LogP contribution is 2.20. The Morgan fingerprint density at radius 2 is 2.09 bits per heavy atom. The Bertz CT molecular complexity index is 778. The van der Waals surface area contributed by atoms with Gasteiger partial charge in [0, 0.05) is 36.4 Å². The fourth-order valence-electron chi connectivity index (χ4n) is 2.78. The van der Waals surface area contributed by atoms with Crippen LogP contribution in [0.15, 0.2) is 36.8 Å². The smallest absolute Gasteiger partial charge is 0.234 e. The molecule has 5 heteroatoms. The fourth-order valence-corrected chi connectivity index (χ4v) is 2.78. The first-order valence-electron chi connectivity index (χ1n) is 7.47. The van der Waals surface area contributed by atoms with Crippen LogP contribution in [0.4, 0.5) is 0 Å². The number of imidazole rings is 1. The summed E-state index contributed by atoms with van der Waals surface area (Å²) in [7, 11) is 2.12. The van der Waals surface area contributed by atoms with Gasteiger partial charge in [0.05, 0.1) is 11.9 Å². The van der Waals surface area contributed by atoms with Crippen molar-refractivity contribution in [3.8, 4) is 0 Å². The van der Waals surface area contributed by atoms with Gasteiger partial charge in [-0.3, -0.25) is 14.3 Å². The predicted molar refractivity (Wildman–Crippen MR) is 86.6 cm³/mol. The van der Waals surface area contributed by atoms with Crippen LogP contribution in [0.3, 0.4) is 0 Å². The third-order valence-electron chi connectivity index (χ3n) is 4.10. The molecule has 0 saturated carbocycles. The Morgan fingerprint density at radius 1 is 1.27 bits per heavy atom. The molecule has 0 saturated heterocycles. The number of aromatic nitrogens is 4. The lowest BCUT2D eigenvalue weighted by atomic mass is 10.1. The minimum atomic E-state index is 0.290. The van der Waals surface area contributed by atoms with E-state index >= 15 is 0 Å². The van der Waals surface area contributed by atoms with Gasteiger partial charge in [0.2, 0.25) is 5.78 Å². The molecular formula is C17H21N5. The molecule has 0 fully saturated rings. The van der Waals surface area contributed by atoms with Crippen molar-refractivity contribution in [2.45, 2.75) is 33.4 Å². The van der Waals surface area contributed by atoms with Gasteiger partial charge in [-0.05, 0) is 45.5 Å². The fraction of sp³-hybridized carbons (Fsp3) is 0.353. The number of fused-ring (bicyclic) bond motifs is 1. The van der Waals surface area contributed by atoms with Gasteiger partial charge < -0.3 is 0 Å². The lowest BCUT2D eigenvalue weighted by molar-refractivity contribution is 0.249. The molecule has 0 N–H and O–H groups in total. The highest BCUT2D eigenvalue weighted by Gasteiger charge is 2.15. The Morgan fingerprint density at radius 3 is 2.82 bits per heavy atom. The standard InChI is InChI=1S/C17H21N5/c1-12-8-13(2)22-16(10-19-17(22)20-12)11-21(4)14(3)15-6-5-7-18-9-15/h5-10,14H,11H2,1-4H3. The second kappa shape index (κ2) is 5.85. The third-order valence-corrected chi connectivity index (χ3v) is 4.10. The lowest BCUT2D eigenvalue weighted by Crippen LogP contribution is -2.23. The van der Waals surface area contributed by atoms with Crippen molar-refractivity contribution in [3.63, 3.8) is 0 Å². The molecule has 0 aliphatic heterocycles. The molecule has 5 nitrogen and oxygen atoms in total. The first-order chi connectivity index (χ1) is 10.6.